The molecule has 2 aromatic carbocycles. The third-order valence-corrected chi connectivity index (χ3v) is 8.34. The Morgan fingerprint density at radius 1 is 1.17 bits per heavy atom. The summed E-state index contributed by atoms with van der Waals surface area (Å²) in [6, 6.07) is 17.6. The molecule has 0 saturated carbocycles. The summed E-state index contributed by atoms with van der Waals surface area (Å²) in [4.78, 5) is 32.4. The van der Waals surface area contributed by atoms with Crippen LogP contribution in [0.2, 0.25) is 0 Å². The lowest BCUT2D eigenvalue weighted by atomic mass is 9.95. The number of benzene rings is 2. The van der Waals surface area contributed by atoms with Gasteiger partial charge in [0.1, 0.15) is 11.5 Å². The summed E-state index contributed by atoms with van der Waals surface area (Å²) in [5, 5.41) is 2.94. The van der Waals surface area contributed by atoms with Gasteiger partial charge in [-0.25, -0.2) is 4.99 Å². The molecule has 0 fully saturated rings. The normalized spacial score (nSPS) is 15.4. The van der Waals surface area contributed by atoms with E-state index >= 15 is 0 Å². The molecule has 1 aliphatic rings. The quantitative estimate of drug-likeness (QED) is 0.337. The average molecular weight is 629 g/mol. The van der Waals surface area contributed by atoms with Crippen molar-refractivity contribution in [2.24, 2.45) is 4.99 Å². The molecule has 1 N–H and O–H groups in total. The summed E-state index contributed by atoms with van der Waals surface area (Å²) in [5.74, 6) is 0.801. The molecule has 5 rings (SSSR count). The van der Waals surface area contributed by atoms with Crippen molar-refractivity contribution in [3.05, 3.63) is 112 Å². The Labute approximate surface area is 226 Å². The summed E-state index contributed by atoms with van der Waals surface area (Å²) in [6.45, 7) is 1.78. The van der Waals surface area contributed by atoms with Gasteiger partial charge in [0.2, 0.25) is 0 Å². The van der Waals surface area contributed by atoms with E-state index in [-0.39, 0.29) is 11.5 Å². The first-order valence-electron chi connectivity index (χ1n) is 10.8. The van der Waals surface area contributed by atoms with Crippen LogP contribution in [-0.2, 0) is 4.79 Å². The van der Waals surface area contributed by atoms with Gasteiger partial charge in [-0.15, -0.1) is 0 Å². The Morgan fingerprint density at radius 3 is 2.64 bits per heavy atom. The first-order valence-corrected chi connectivity index (χ1v) is 13.2. The fraction of sp³-hybridized carbons (Fsp3) is 0.115. The van der Waals surface area contributed by atoms with Crippen LogP contribution >= 0.6 is 43.2 Å². The van der Waals surface area contributed by atoms with E-state index in [0.717, 1.165) is 10.0 Å². The van der Waals surface area contributed by atoms with Gasteiger partial charge in [-0.1, -0.05) is 41.7 Å². The number of carbonyl (C=O) groups is 1. The number of furan rings is 1. The number of rotatable bonds is 5. The molecule has 1 amide bonds. The van der Waals surface area contributed by atoms with Gasteiger partial charge in [0.15, 0.2) is 9.47 Å². The Kier molecular flexibility index (Phi) is 6.83. The predicted molar refractivity (Wildman–Crippen MR) is 146 cm³/mol. The monoisotopic (exact) mass is 627 g/mol. The van der Waals surface area contributed by atoms with Gasteiger partial charge in [0.05, 0.1) is 33.4 Å². The molecule has 0 radical (unpaired) electrons. The number of nitrogens with zero attached hydrogens (tertiary/aromatic N) is 2. The van der Waals surface area contributed by atoms with Crippen LogP contribution in [-0.4, -0.2) is 17.6 Å². The van der Waals surface area contributed by atoms with E-state index in [9.17, 15) is 9.59 Å². The molecule has 182 valence electrons. The zero-order valence-corrected chi connectivity index (χ0v) is 23.1. The van der Waals surface area contributed by atoms with E-state index in [1.54, 1.807) is 30.7 Å². The molecule has 10 heteroatoms. The highest BCUT2D eigenvalue weighted by molar-refractivity contribution is 9.13. The number of ether oxygens (including phenoxy) is 1. The van der Waals surface area contributed by atoms with Crippen LogP contribution in [0.4, 0.5) is 5.69 Å². The van der Waals surface area contributed by atoms with E-state index in [1.165, 1.54) is 11.3 Å². The van der Waals surface area contributed by atoms with Crippen molar-refractivity contribution < 1.29 is 13.9 Å². The average Bonchev–Trinajstić information content (AvgIpc) is 3.35. The number of allylic oxidation sites excluding steroid dienone is 1. The number of carbonyl (C=O) groups excluding carboxylic acids is 1. The number of methoxy groups -OCH3 is 1. The van der Waals surface area contributed by atoms with Gasteiger partial charge < -0.3 is 14.5 Å². The number of anilines is 1. The molecule has 1 atom stereocenters. The first-order chi connectivity index (χ1) is 17.4. The second-order valence-corrected chi connectivity index (χ2v) is 10.5. The molecule has 1 aliphatic heterocycles. The molecule has 3 heterocycles. The van der Waals surface area contributed by atoms with Crippen molar-refractivity contribution in [3.8, 4) is 5.75 Å². The van der Waals surface area contributed by atoms with Crippen LogP contribution < -0.4 is 24.9 Å². The Balaban J connectivity index is 1.69. The molecule has 0 aliphatic carbocycles. The van der Waals surface area contributed by atoms with Crippen molar-refractivity contribution in [1.82, 2.24) is 4.57 Å². The number of para-hydroxylation sites is 1. The number of fused-ring (bicyclic) bond motifs is 1. The van der Waals surface area contributed by atoms with Gasteiger partial charge in [-0.2, -0.15) is 0 Å². The number of hydrogen-bond donors (Lipinski definition) is 1. The lowest BCUT2D eigenvalue weighted by Gasteiger charge is -2.25. The van der Waals surface area contributed by atoms with Gasteiger partial charge in [-0.3, -0.25) is 14.2 Å². The molecule has 0 spiro atoms. The number of thiazole rings is 1. The molecule has 0 bridgehead atoms. The summed E-state index contributed by atoms with van der Waals surface area (Å²) in [6.07, 6.45) is 1.67. The van der Waals surface area contributed by atoms with Crippen molar-refractivity contribution in [2.45, 2.75) is 13.0 Å². The molecule has 7 nitrogen and oxygen atoms in total. The van der Waals surface area contributed by atoms with Crippen molar-refractivity contribution >= 4 is 60.9 Å². The van der Waals surface area contributed by atoms with Crippen LogP contribution in [0.15, 0.2) is 95.3 Å². The maximum absolute atomic E-state index is 13.7. The molecule has 2 aromatic heterocycles. The minimum absolute atomic E-state index is 0.271. The Morgan fingerprint density at radius 2 is 1.94 bits per heavy atom. The Bertz CT molecular complexity index is 1670. The smallest absolute Gasteiger partial charge is 0.271 e. The second kappa shape index (κ2) is 10.0. The molecule has 0 unspecified atom stereocenters. The van der Waals surface area contributed by atoms with Crippen LogP contribution in [0.3, 0.4) is 0 Å². The second-order valence-electron chi connectivity index (χ2n) is 7.95. The van der Waals surface area contributed by atoms with Crippen LogP contribution in [0.1, 0.15) is 24.3 Å². The fourth-order valence-electron chi connectivity index (χ4n) is 4.02. The summed E-state index contributed by atoms with van der Waals surface area (Å²) < 4.78 is 14.3. The predicted octanol–water partition coefficient (Wildman–Crippen LogP) is 5.00. The number of nitrogens with one attached hydrogen (secondary N) is 1. The van der Waals surface area contributed by atoms with Crippen molar-refractivity contribution in [2.75, 3.05) is 12.4 Å². The summed E-state index contributed by atoms with van der Waals surface area (Å²) in [7, 11) is 1.58. The van der Waals surface area contributed by atoms with Crippen molar-refractivity contribution in [1.29, 1.82) is 0 Å². The maximum Gasteiger partial charge on any atom is 0.271 e. The topological polar surface area (TPSA) is 85.8 Å². The number of amides is 1. The van der Waals surface area contributed by atoms with Crippen molar-refractivity contribution in [3.63, 3.8) is 0 Å². The number of hydrogen-bond acceptors (Lipinski definition) is 6. The standard InChI is InChI=1S/C26H19Br2N3O4S/c1-14-21(24(32)30-16-8-4-3-5-9-16)22(15-7-6-10-17(11-15)34-2)31-25(33)20(36-26(31)29-14)13-18-12-19(27)23(28)35-18/h3-13,22H,1-2H3,(H,30,32)/b20-13+/t22-/m1/s1. The Hall–Kier alpha value is -3.21. The van der Waals surface area contributed by atoms with E-state index < -0.39 is 6.04 Å². The zero-order valence-electron chi connectivity index (χ0n) is 19.1. The molecular formula is C26H19Br2N3O4S. The molecule has 0 saturated heterocycles. The highest BCUT2D eigenvalue weighted by Gasteiger charge is 2.32. The van der Waals surface area contributed by atoms with Crippen LogP contribution in [0.5, 0.6) is 5.75 Å². The minimum Gasteiger partial charge on any atom is -0.497 e. The lowest BCUT2D eigenvalue weighted by Crippen LogP contribution is -2.40. The number of halogens is 2. The molecular weight excluding hydrogens is 610 g/mol. The van der Waals surface area contributed by atoms with E-state index in [2.05, 4.69) is 42.2 Å². The van der Waals surface area contributed by atoms with Gasteiger partial charge in [-0.05, 0) is 74.7 Å². The SMILES string of the molecule is COc1cccc([C@@H]2C(C(=O)Nc3ccccc3)=C(C)N=c3s/c(=C/c4cc(Br)c(Br)o4)c(=O)n32)c1. The maximum atomic E-state index is 13.7. The highest BCUT2D eigenvalue weighted by atomic mass is 79.9. The van der Waals surface area contributed by atoms with Gasteiger partial charge in [0, 0.05) is 11.8 Å². The largest absolute Gasteiger partial charge is 0.497 e. The lowest BCUT2D eigenvalue weighted by molar-refractivity contribution is -0.113. The van der Waals surface area contributed by atoms with Gasteiger partial charge >= 0.3 is 0 Å². The third kappa shape index (κ3) is 4.63. The fourth-order valence-corrected chi connectivity index (χ4v) is 5.66. The number of aromatic nitrogens is 1. The van der Waals surface area contributed by atoms with E-state index in [1.807, 2.05) is 54.6 Å². The van der Waals surface area contributed by atoms with Crippen LogP contribution in [0, 0.1) is 0 Å². The third-order valence-electron chi connectivity index (χ3n) is 5.65. The molecule has 36 heavy (non-hydrogen) atoms. The molecule has 4 aromatic rings. The minimum atomic E-state index is -0.697. The van der Waals surface area contributed by atoms with Crippen LogP contribution in [0.25, 0.3) is 6.08 Å². The van der Waals surface area contributed by atoms with E-state index in [4.69, 9.17) is 9.15 Å². The highest BCUT2D eigenvalue weighted by Crippen LogP contribution is 2.32. The first kappa shape index (κ1) is 24.5. The summed E-state index contributed by atoms with van der Waals surface area (Å²) in [5.41, 5.74) is 2.03. The zero-order chi connectivity index (χ0) is 25.4. The van der Waals surface area contributed by atoms with E-state index in [0.29, 0.717) is 42.5 Å². The van der Waals surface area contributed by atoms with Gasteiger partial charge in [0.25, 0.3) is 11.5 Å². The summed E-state index contributed by atoms with van der Waals surface area (Å²) >= 11 is 7.96.